The molecular formula is C19H23ClN2O4S2. The van der Waals surface area contributed by atoms with Gasteiger partial charge in [-0.15, -0.1) is 0 Å². The van der Waals surface area contributed by atoms with Gasteiger partial charge in [0.1, 0.15) is 0 Å². The highest BCUT2D eigenvalue weighted by Crippen LogP contribution is 2.22. The normalized spacial score (nSPS) is 16.2. The molecule has 1 heterocycles. The number of nitrogens with one attached hydrogen (secondary N) is 1. The highest BCUT2D eigenvalue weighted by Gasteiger charge is 2.26. The molecule has 0 atom stereocenters. The van der Waals surface area contributed by atoms with Crippen LogP contribution in [-0.2, 0) is 26.5 Å². The lowest BCUT2D eigenvalue weighted by Gasteiger charge is -2.25. The Labute approximate surface area is 171 Å². The lowest BCUT2D eigenvalue weighted by atomic mass is 10.2. The molecule has 28 heavy (non-hydrogen) atoms. The van der Waals surface area contributed by atoms with Gasteiger partial charge in [-0.3, -0.25) is 0 Å². The van der Waals surface area contributed by atoms with Crippen molar-refractivity contribution in [2.45, 2.75) is 35.5 Å². The van der Waals surface area contributed by atoms with Crippen LogP contribution in [0.25, 0.3) is 0 Å². The largest absolute Gasteiger partial charge is 0.243 e. The van der Waals surface area contributed by atoms with E-state index < -0.39 is 20.0 Å². The van der Waals surface area contributed by atoms with E-state index in [0.717, 1.165) is 24.8 Å². The minimum atomic E-state index is -3.71. The molecule has 0 radical (unpaired) electrons. The maximum Gasteiger partial charge on any atom is 0.243 e. The van der Waals surface area contributed by atoms with E-state index in [1.807, 2.05) is 12.1 Å². The monoisotopic (exact) mass is 442 g/mol. The van der Waals surface area contributed by atoms with Gasteiger partial charge in [-0.05, 0) is 61.2 Å². The topological polar surface area (TPSA) is 83.5 Å². The van der Waals surface area contributed by atoms with Crippen molar-refractivity contribution < 1.29 is 16.8 Å². The average Bonchev–Trinajstić information content (AvgIpc) is 2.70. The minimum absolute atomic E-state index is 0.0428. The first-order valence-corrected chi connectivity index (χ1v) is 12.4. The molecule has 6 nitrogen and oxygen atoms in total. The summed E-state index contributed by atoms with van der Waals surface area (Å²) in [4.78, 5) is 0.163. The number of halogens is 1. The number of rotatable bonds is 7. The zero-order valence-electron chi connectivity index (χ0n) is 15.3. The summed E-state index contributed by atoms with van der Waals surface area (Å²) in [7, 11) is -7.28. The smallest absolute Gasteiger partial charge is 0.211 e. The second-order valence-electron chi connectivity index (χ2n) is 6.71. The second kappa shape index (κ2) is 8.92. The quantitative estimate of drug-likeness (QED) is 0.714. The van der Waals surface area contributed by atoms with Gasteiger partial charge in [-0.25, -0.2) is 21.6 Å². The van der Waals surface area contributed by atoms with E-state index in [1.165, 1.54) is 28.6 Å². The Morgan fingerprint density at radius 1 is 0.821 bits per heavy atom. The van der Waals surface area contributed by atoms with E-state index in [-0.39, 0.29) is 16.3 Å². The molecule has 1 aliphatic rings. The van der Waals surface area contributed by atoms with Crippen molar-refractivity contribution in [1.82, 2.24) is 9.03 Å². The Kier molecular flexibility index (Phi) is 6.77. The second-order valence-corrected chi connectivity index (χ2v) is 10.9. The number of hydrogen-bond acceptors (Lipinski definition) is 4. The van der Waals surface area contributed by atoms with Crippen molar-refractivity contribution in [1.29, 1.82) is 0 Å². The fourth-order valence-electron chi connectivity index (χ4n) is 3.11. The minimum Gasteiger partial charge on any atom is -0.211 e. The third-order valence-electron chi connectivity index (χ3n) is 4.71. The van der Waals surface area contributed by atoms with Crippen molar-refractivity contribution >= 4 is 31.6 Å². The molecule has 0 bridgehead atoms. The van der Waals surface area contributed by atoms with Gasteiger partial charge in [0.05, 0.1) is 9.79 Å². The molecule has 0 saturated carbocycles. The highest BCUT2D eigenvalue weighted by atomic mass is 35.5. The van der Waals surface area contributed by atoms with Crippen LogP contribution in [-0.4, -0.2) is 40.8 Å². The SMILES string of the molecule is O=S(=O)(NCCc1ccc(Cl)cc1)c1ccc(S(=O)(=O)N2CCCCC2)cc1. The summed E-state index contributed by atoms with van der Waals surface area (Å²) >= 11 is 5.84. The summed E-state index contributed by atoms with van der Waals surface area (Å²) < 4.78 is 54.2. The van der Waals surface area contributed by atoms with Crippen LogP contribution >= 0.6 is 11.6 Å². The van der Waals surface area contributed by atoms with Gasteiger partial charge in [0.2, 0.25) is 20.0 Å². The Morgan fingerprint density at radius 3 is 2.00 bits per heavy atom. The van der Waals surface area contributed by atoms with Crippen LogP contribution in [0.4, 0.5) is 0 Å². The van der Waals surface area contributed by atoms with Gasteiger partial charge in [-0.1, -0.05) is 30.2 Å². The molecule has 2 aromatic carbocycles. The maximum atomic E-state index is 12.7. The summed E-state index contributed by atoms with van der Waals surface area (Å²) in [6.07, 6.45) is 3.26. The molecule has 3 rings (SSSR count). The number of hydrogen-bond donors (Lipinski definition) is 1. The number of nitrogens with zero attached hydrogens (tertiary/aromatic N) is 1. The van der Waals surface area contributed by atoms with E-state index >= 15 is 0 Å². The van der Waals surface area contributed by atoms with Gasteiger partial charge in [0.15, 0.2) is 0 Å². The van der Waals surface area contributed by atoms with Crippen LogP contribution in [0.2, 0.25) is 5.02 Å². The molecule has 0 amide bonds. The molecule has 1 N–H and O–H groups in total. The molecule has 1 aliphatic heterocycles. The van der Waals surface area contributed by atoms with Crippen LogP contribution in [0.1, 0.15) is 24.8 Å². The highest BCUT2D eigenvalue weighted by molar-refractivity contribution is 7.89. The average molecular weight is 443 g/mol. The molecule has 1 fully saturated rings. The first-order valence-electron chi connectivity index (χ1n) is 9.13. The van der Waals surface area contributed by atoms with Gasteiger partial charge in [-0.2, -0.15) is 4.31 Å². The molecule has 152 valence electrons. The van der Waals surface area contributed by atoms with Crippen LogP contribution in [0.5, 0.6) is 0 Å². The summed E-state index contributed by atoms with van der Waals surface area (Å²) in [6, 6.07) is 12.6. The zero-order valence-corrected chi connectivity index (χ0v) is 17.7. The summed E-state index contributed by atoms with van der Waals surface area (Å²) in [6.45, 7) is 1.25. The lowest BCUT2D eigenvalue weighted by molar-refractivity contribution is 0.346. The molecular weight excluding hydrogens is 420 g/mol. The van der Waals surface area contributed by atoms with Crippen LogP contribution in [0.15, 0.2) is 58.3 Å². The Balaban J connectivity index is 1.65. The third kappa shape index (κ3) is 5.12. The molecule has 0 aliphatic carbocycles. The number of sulfonamides is 2. The van der Waals surface area contributed by atoms with Crippen molar-refractivity contribution in [3.8, 4) is 0 Å². The van der Waals surface area contributed by atoms with Crippen molar-refractivity contribution in [3.63, 3.8) is 0 Å². The predicted molar refractivity (Wildman–Crippen MR) is 109 cm³/mol. The van der Waals surface area contributed by atoms with Crippen LogP contribution < -0.4 is 4.72 Å². The molecule has 2 aromatic rings. The maximum absolute atomic E-state index is 12.7. The molecule has 0 unspecified atom stereocenters. The standard InChI is InChI=1S/C19H23ClN2O4S2/c20-17-6-4-16(5-7-17)12-13-21-27(23,24)18-8-10-19(11-9-18)28(25,26)22-14-2-1-3-15-22/h4-11,21H,1-3,12-15H2. The first-order chi connectivity index (χ1) is 13.3. The van der Waals surface area contributed by atoms with E-state index in [1.54, 1.807) is 12.1 Å². The number of benzene rings is 2. The van der Waals surface area contributed by atoms with E-state index in [0.29, 0.717) is 24.5 Å². The molecule has 1 saturated heterocycles. The van der Waals surface area contributed by atoms with E-state index in [9.17, 15) is 16.8 Å². The Morgan fingerprint density at radius 2 is 1.39 bits per heavy atom. The lowest BCUT2D eigenvalue weighted by Crippen LogP contribution is -2.35. The molecule has 0 aromatic heterocycles. The Hall–Kier alpha value is -1.45. The van der Waals surface area contributed by atoms with Crippen molar-refractivity contribution in [2.75, 3.05) is 19.6 Å². The predicted octanol–water partition coefficient (Wildman–Crippen LogP) is 3.04. The van der Waals surface area contributed by atoms with Gasteiger partial charge in [0.25, 0.3) is 0 Å². The molecule has 0 spiro atoms. The third-order valence-corrected chi connectivity index (χ3v) is 8.35. The zero-order chi connectivity index (χ0) is 20.2. The molecule has 9 heteroatoms. The summed E-state index contributed by atoms with van der Waals surface area (Å²) in [5, 5.41) is 0.629. The summed E-state index contributed by atoms with van der Waals surface area (Å²) in [5.74, 6) is 0. The van der Waals surface area contributed by atoms with Crippen molar-refractivity contribution in [2.24, 2.45) is 0 Å². The fraction of sp³-hybridized carbons (Fsp3) is 0.368. The number of piperidine rings is 1. The van der Waals surface area contributed by atoms with E-state index in [2.05, 4.69) is 4.72 Å². The van der Waals surface area contributed by atoms with Crippen LogP contribution in [0.3, 0.4) is 0 Å². The van der Waals surface area contributed by atoms with Crippen molar-refractivity contribution in [3.05, 3.63) is 59.1 Å². The Bertz CT molecular complexity index is 999. The van der Waals surface area contributed by atoms with Gasteiger partial charge < -0.3 is 0 Å². The van der Waals surface area contributed by atoms with Gasteiger partial charge >= 0.3 is 0 Å². The summed E-state index contributed by atoms with van der Waals surface area (Å²) in [5.41, 5.74) is 0.968. The first kappa shape index (κ1) is 21.3. The van der Waals surface area contributed by atoms with Gasteiger partial charge in [0, 0.05) is 24.7 Å². The van der Waals surface area contributed by atoms with E-state index in [4.69, 9.17) is 11.6 Å². The fourth-order valence-corrected chi connectivity index (χ4v) is 5.78. The van der Waals surface area contributed by atoms with Crippen LogP contribution in [0, 0.1) is 0 Å².